The molecule has 2 atom stereocenters. The van der Waals surface area contributed by atoms with Gasteiger partial charge in [0, 0.05) is 24.8 Å². The van der Waals surface area contributed by atoms with Crippen LogP contribution in [0, 0.1) is 17.1 Å². The van der Waals surface area contributed by atoms with E-state index in [4.69, 9.17) is 10.00 Å². The molecule has 1 saturated heterocycles. The first-order valence-electron chi connectivity index (χ1n) is 7.93. The minimum Gasteiger partial charge on any atom is -0.378 e. The number of urea groups is 1. The molecule has 1 aromatic rings. The second-order valence-electron chi connectivity index (χ2n) is 5.86. The number of nitrogens with one attached hydrogen (secondary N) is 2. The van der Waals surface area contributed by atoms with Gasteiger partial charge in [0.15, 0.2) is 0 Å². The van der Waals surface area contributed by atoms with Gasteiger partial charge in [-0.25, -0.2) is 9.18 Å². The highest BCUT2D eigenvalue weighted by molar-refractivity contribution is 5.74. The molecular formula is C17H22FN3O2. The van der Waals surface area contributed by atoms with Crippen LogP contribution in [0.4, 0.5) is 9.18 Å². The Balaban J connectivity index is 1.73. The first kappa shape index (κ1) is 17.2. The lowest BCUT2D eigenvalue weighted by atomic mass is 10.1. The first-order chi connectivity index (χ1) is 11.1. The Morgan fingerprint density at radius 1 is 1.57 bits per heavy atom. The molecule has 1 aliphatic rings. The van der Waals surface area contributed by atoms with Crippen molar-refractivity contribution in [1.29, 1.82) is 5.26 Å². The summed E-state index contributed by atoms with van der Waals surface area (Å²) < 4.78 is 19.2. The van der Waals surface area contributed by atoms with Crippen LogP contribution in [0.3, 0.4) is 0 Å². The van der Waals surface area contributed by atoms with Crippen molar-refractivity contribution in [2.24, 2.45) is 0 Å². The van der Waals surface area contributed by atoms with Gasteiger partial charge >= 0.3 is 6.03 Å². The maximum absolute atomic E-state index is 13.6. The van der Waals surface area contributed by atoms with E-state index in [-0.39, 0.29) is 18.6 Å². The normalized spacial score (nSPS) is 18.2. The second-order valence-corrected chi connectivity index (χ2v) is 5.86. The molecule has 2 amide bonds. The van der Waals surface area contributed by atoms with Crippen LogP contribution in [0.25, 0.3) is 0 Å². The maximum atomic E-state index is 13.6. The highest BCUT2D eigenvalue weighted by Gasteiger charge is 2.17. The molecular weight excluding hydrogens is 297 g/mol. The lowest BCUT2D eigenvalue weighted by Crippen LogP contribution is -2.40. The second kappa shape index (κ2) is 8.49. The Morgan fingerprint density at radius 3 is 3.09 bits per heavy atom. The van der Waals surface area contributed by atoms with Crippen molar-refractivity contribution in [3.8, 4) is 6.07 Å². The average Bonchev–Trinajstić information content (AvgIpc) is 3.05. The molecule has 0 spiro atoms. The Hall–Kier alpha value is -2.13. The van der Waals surface area contributed by atoms with Gasteiger partial charge in [0.2, 0.25) is 0 Å². The smallest absolute Gasteiger partial charge is 0.315 e. The average molecular weight is 319 g/mol. The summed E-state index contributed by atoms with van der Waals surface area (Å²) in [5.74, 6) is -0.435. The van der Waals surface area contributed by atoms with E-state index in [0.717, 1.165) is 32.3 Å². The fourth-order valence-corrected chi connectivity index (χ4v) is 2.61. The van der Waals surface area contributed by atoms with Crippen LogP contribution in [-0.2, 0) is 11.3 Å². The fraction of sp³-hybridized carbons (Fsp3) is 0.529. The van der Waals surface area contributed by atoms with Gasteiger partial charge < -0.3 is 15.4 Å². The summed E-state index contributed by atoms with van der Waals surface area (Å²) in [7, 11) is 0. The first-order valence-corrected chi connectivity index (χ1v) is 7.93. The molecule has 0 bridgehead atoms. The van der Waals surface area contributed by atoms with E-state index < -0.39 is 5.82 Å². The van der Waals surface area contributed by atoms with Crippen molar-refractivity contribution in [3.05, 3.63) is 35.1 Å². The summed E-state index contributed by atoms with van der Waals surface area (Å²) in [6.45, 7) is 2.82. The van der Waals surface area contributed by atoms with E-state index in [0.29, 0.717) is 17.2 Å². The Morgan fingerprint density at radius 2 is 2.39 bits per heavy atom. The predicted octanol–water partition coefficient (Wildman–Crippen LogP) is 2.84. The minimum absolute atomic E-state index is 0.0227. The zero-order valence-corrected chi connectivity index (χ0v) is 13.3. The third kappa shape index (κ3) is 5.53. The van der Waals surface area contributed by atoms with Crippen LogP contribution < -0.4 is 10.6 Å². The summed E-state index contributed by atoms with van der Waals surface area (Å²) in [5, 5.41) is 14.3. The van der Waals surface area contributed by atoms with Gasteiger partial charge in [-0.15, -0.1) is 0 Å². The number of carbonyl (C=O) groups excluding carboxylic acids is 1. The van der Waals surface area contributed by atoms with Crippen molar-refractivity contribution in [2.45, 2.75) is 51.3 Å². The number of benzene rings is 1. The largest absolute Gasteiger partial charge is 0.378 e. The molecule has 1 fully saturated rings. The summed E-state index contributed by atoms with van der Waals surface area (Å²) >= 11 is 0. The summed E-state index contributed by atoms with van der Waals surface area (Å²) in [4.78, 5) is 11.8. The Kier molecular flexibility index (Phi) is 6.36. The van der Waals surface area contributed by atoms with Gasteiger partial charge in [-0.2, -0.15) is 5.26 Å². The third-order valence-electron chi connectivity index (χ3n) is 3.94. The standard InChI is InChI=1S/C17H22FN3O2/c1-12(4-6-15-3-2-8-23-15)21-17(22)20-11-14-9-13(10-19)5-7-16(14)18/h5,7,9,12,15H,2-4,6,8,11H2,1H3,(H2,20,21,22)/t12-,15+/m1/s1. The van der Waals surface area contributed by atoms with E-state index in [2.05, 4.69) is 10.6 Å². The molecule has 2 N–H and O–H groups in total. The van der Waals surface area contributed by atoms with Crippen LogP contribution in [0.2, 0.25) is 0 Å². The number of nitriles is 1. The zero-order valence-electron chi connectivity index (χ0n) is 13.3. The number of rotatable bonds is 6. The van der Waals surface area contributed by atoms with Gasteiger partial charge in [0.25, 0.3) is 0 Å². The van der Waals surface area contributed by atoms with Gasteiger partial charge in [0.1, 0.15) is 5.82 Å². The topological polar surface area (TPSA) is 74.2 Å². The Labute approximate surface area is 135 Å². The van der Waals surface area contributed by atoms with Crippen LogP contribution >= 0.6 is 0 Å². The quantitative estimate of drug-likeness (QED) is 0.846. The van der Waals surface area contributed by atoms with Gasteiger partial charge in [0.05, 0.1) is 17.7 Å². The summed E-state index contributed by atoms with van der Waals surface area (Å²) in [6.07, 6.45) is 4.29. The SMILES string of the molecule is C[C@H](CC[C@@H]1CCCO1)NC(=O)NCc1cc(C#N)ccc1F. The minimum atomic E-state index is -0.435. The molecule has 23 heavy (non-hydrogen) atoms. The number of nitrogens with zero attached hydrogens (tertiary/aromatic N) is 1. The van der Waals surface area contributed by atoms with Crippen LogP contribution in [0.1, 0.15) is 43.7 Å². The summed E-state index contributed by atoms with van der Waals surface area (Å²) in [6, 6.07) is 5.72. The zero-order chi connectivity index (χ0) is 16.7. The number of amides is 2. The molecule has 1 aromatic carbocycles. The van der Waals surface area contributed by atoms with Crippen molar-refractivity contribution in [1.82, 2.24) is 10.6 Å². The molecule has 5 nitrogen and oxygen atoms in total. The number of hydrogen-bond acceptors (Lipinski definition) is 3. The number of carbonyl (C=O) groups is 1. The van der Waals surface area contributed by atoms with E-state index in [1.807, 2.05) is 13.0 Å². The Bertz CT molecular complexity index is 580. The molecule has 2 rings (SSSR count). The van der Waals surface area contributed by atoms with Crippen molar-refractivity contribution >= 4 is 6.03 Å². The molecule has 124 valence electrons. The fourth-order valence-electron chi connectivity index (χ4n) is 2.61. The lowest BCUT2D eigenvalue weighted by Gasteiger charge is -2.17. The van der Waals surface area contributed by atoms with Crippen molar-refractivity contribution in [3.63, 3.8) is 0 Å². The van der Waals surface area contributed by atoms with E-state index in [1.54, 1.807) is 0 Å². The molecule has 0 aliphatic carbocycles. The molecule has 1 aliphatic heterocycles. The highest BCUT2D eigenvalue weighted by Crippen LogP contribution is 2.17. The molecule has 6 heteroatoms. The third-order valence-corrected chi connectivity index (χ3v) is 3.94. The van der Waals surface area contributed by atoms with Crippen LogP contribution in [0.5, 0.6) is 0 Å². The maximum Gasteiger partial charge on any atom is 0.315 e. The van der Waals surface area contributed by atoms with Crippen LogP contribution in [0.15, 0.2) is 18.2 Å². The van der Waals surface area contributed by atoms with Gasteiger partial charge in [-0.05, 0) is 50.8 Å². The van der Waals surface area contributed by atoms with E-state index >= 15 is 0 Å². The van der Waals surface area contributed by atoms with Crippen LogP contribution in [-0.4, -0.2) is 24.8 Å². The number of ether oxygens (including phenoxy) is 1. The van der Waals surface area contributed by atoms with Gasteiger partial charge in [-0.3, -0.25) is 0 Å². The highest BCUT2D eigenvalue weighted by atomic mass is 19.1. The van der Waals surface area contributed by atoms with Crippen molar-refractivity contribution < 1.29 is 13.9 Å². The lowest BCUT2D eigenvalue weighted by molar-refractivity contribution is 0.100. The number of halogens is 1. The molecule has 0 unspecified atom stereocenters. The molecule has 1 heterocycles. The van der Waals surface area contributed by atoms with Crippen molar-refractivity contribution in [2.75, 3.05) is 6.61 Å². The molecule has 0 radical (unpaired) electrons. The molecule has 0 aromatic heterocycles. The number of hydrogen-bond donors (Lipinski definition) is 2. The predicted molar refractivity (Wildman–Crippen MR) is 84.2 cm³/mol. The van der Waals surface area contributed by atoms with Gasteiger partial charge in [-0.1, -0.05) is 0 Å². The van der Waals surface area contributed by atoms with E-state index in [9.17, 15) is 9.18 Å². The summed E-state index contributed by atoms with van der Waals surface area (Å²) in [5.41, 5.74) is 0.666. The van der Waals surface area contributed by atoms with E-state index in [1.165, 1.54) is 18.2 Å². The monoisotopic (exact) mass is 319 g/mol. The molecule has 0 saturated carbocycles.